The van der Waals surface area contributed by atoms with E-state index < -0.39 is 0 Å². The molecule has 5 heteroatoms. The molecule has 20 heavy (non-hydrogen) atoms. The van der Waals surface area contributed by atoms with E-state index in [0.717, 1.165) is 12.0 Å². The van der Waals surface area contributed by atoms with Gasteiger partial charge in [0.2, 0.25) is 5.91 Å². The Morgan fingerprint density at radius 3 is 2.85 bits per heavy atom. The molecule has 1 amide bonds. The van der Waals surface area contributed by atoms with Crippen LogP contribution in [0.3, 0.4) is 0 Å². The topological polar surface area (TPSA) is 68.3 Å². The van der Waals surface area contributed by atoms with E-state index in [2.05, 4.69) is 10.3 Å². The standard InChI is InChI=1S/C15H18N2O3/c18-11-20-14-4-2-1-3-13(14)15(19)17-10-7-12-5-8-16-9-6-12/h1-2,5-6,8-9,11,13-14H,3-4,7,10H2,(H,17,19)/t13-,14+/m0/s1. The number of hydrogen-bond donors (Lipinski definition) is 1. The highest BCUT2D eigenvalue weighted by Crippen LogP contribution is 2.21. The molecule has 0 fully saturated rings. The maximum Gasteiger partial charge on any atom is 0.293 e. The third-order valence-electron chi connectivity index (χ3n) is 3.40. The van der Waals surface area contributed by atoms with Gasteiger partial charge < -0.3 is 10.1 Å². The van der Waals surface area contributed by atoms with Crippen molar-refractivity contribution in [2.45, 2.75) is 25.4 Å². The lowest BCUT2D eigenvalue weighted by Crippen LogP contribution is -2.40. The zero-order valence-electron chi connectivity index (χ0n) is 11.2. The number of rotatable bonds is 6. The van der Waals surface area contributed by atoms with Gasteiger partial charge in [0, 0.05) is 25.4 Å². The van der Waals surface area contributed by atoms with Crippen molar-refractivity contribution in [1.82, 2.24) is 10.3 Å². The van der Waals surface area contributed by atoms with Crippen molar-refractivity contribution in [1.29, 1.82) is 0 Å². The minimum Gasteiger partial charge on any atom is -0.463 e. The summed E-state index contributed by atoms with van der Waals surface area (Å²) >= 11 is 0. The van der Waals surface area contributed by atoms with E-state index >= 15 is 0 Å². The predicted octanol–water partition coefficient (Wildman–Crippen LogP) is 1.25. The molecule has 106 valence electrons. The van der Waals surface area contributed by atoms with E-state index in [1.165, 1.54) is 0 Å². The number of nitrogens with one attached hydrogen (secondary N) is 1. The number of carbonyl (C=O) groups excluding carboxylic acids is 2. The summed E-state index contributed by atoms with van der Waals surface area (Å²) < 4.78 is 4.98. The lowest BCUT2D eigenvalue weighted by atomic mass is 9.90. The van der Waals surface area contributed by atoms with Crippen LogP contribution in [0.1, 0.15) is 18.4 Å². The summed E-state index contributed by atoms with van der Waals surface area (Å²) in [6.45, 7) is 0.984. The monoisotopic (exact) mass is 274 g/mol. The van der Waals surface area contributed by atoms with Crippen LogP contribution >= 0.6 is 0 Å². The molecule has 1 aliphatic carbocycles. The van der Waals surface area contributed by atoms with Crippen LogP contribution in [0.15, 0.2) is 36.7 Å². The molecule has 0 saturated carbocycles. The second-order valence-corrected chi connectivity index (χ2v) is 4.72. The molecule has 1 aromatic heterocycles. The molecule has 0 aliphatic heterocycles. The predicted molar refractivity (Wildman–Crippen MR) is 73.8 cm³/mol. The zero-order chi connectivity index (χ0) is 14.2. The van der Waals surface area contributed by atoms with Gasteiger partial charge in [0.1, 0.15) is 6.10 Å². The molecule has 1 N–H and O–H groups in total. The maximum absolute atomic E-state index is 12.1. The summed E-state index contributed by atoms with van der Waals surface area (Å²) in [6.07, 6.45) is 8.98. The van der Waals surface area contributed by atoms with Crippen LogP contribution in [-0.4, -0.2) is 30.0 Å². The minimum absolute atomic E-state index is 0.0599. The fraction of sp³-hybridized carbons (Fsp3) is 0.400. The van der Waals surface area contributed by atoms with Gasteiger partial charge in [0.15, 0.2) is 0 Å². The zero-order valence-corrected chi connectivity index (χ0v) is 11.2. The Morgan fingerprint density at radius 2 is 2.10 bits per heavy atom. The van der Waals surface area contributed by atoms with Gasteiger partial charge in [0.25, 0.3) is 6.47 Å². The molecule has 5 nitrogen and oxygen atoms in total. The van der Waals surface area contributed by atoms with E-state index in [0.29, 0.717) is 25.9 Å². The summed E-state index contributed by atoms with van der Waals surface area (Å²) in [5.74, 6) is -0.349. The van der Waals surface area contributed by atoms with Gasteiger partial charge in [-0.2, -0.15) is 0 Å². The van der Waals surface area contributed by atoms with Crippen LogP contribution in [-0.2, 0) is 20.7 Å². The molecule has 0 radical (unpaired) electrons. The first kappa shape index (κ1) is 14.2. The molecule has 0 saturated heterocycles. The number of nitrogens with zero attached hydrogens (tertiary/aromatic N) is 1. The Balaban J connectivity index is 1.81. The molecular weight excluding hydrogens is 256 g/mol. The van der Waals surface area contributed by atoms with Crippen molar-refractivity contribution in [2.24, 2.45) is 5.92 Å². The quantitative estimate of drug-likeness (QED) is 0.626. The average molecular weight is 274 g/mol. The number of allylic oxidation sites excluding steroid dienone is 1. The highest BCUT2D eigenvalue weighted by atomic mass is 16.5. The van der Waals surface area contributed by atoms with E-state index in [9.17, 15) is 9.59 Å². The number of pyridine rings is 1. The fourth-order valence-corrected chi connectivity index (χ4v) is 2.30. The minimum atomic E-state index is -0.349. The number of ether oxygens (including phenoxy) is 1. The molecule has 0 aromatic carbocycles. The summed E-state index contributed by atoms with van der Waals surface area (Å²) in [5, 5.41) is 2.90. The second kappa shape index (κ2) is 7.43. The maximum atomic E-state index is 12.1. The van der Waals surface area contributed by atoms with Crippen LogP contribution in [0.5, 0.6) is 0 Å². The molecule has 1 heterocycles. The largest absolute Gasteiger partial charge is 0.463 e. The van der Waals surface area contributed by atoms with Crippen LogP contribution in [0.4, 0.5) is 0 Å². The van der Waals surface area contributed by atoms with E-state index in [1.54, 1.807) is 12.4 Å². The Morgan fingerprint density at radius 1 is 1.35 bits per heavy atom. The highest BCUT2D eigenvalue weighted by molar-refractivity contribution is 5.79. The van der Waals surface area contributed by atoms with Gasteiger partial charge in [-0.05, 0) is 30.5 Å². The van der Waals surface area contributed by atoms with Crippen molar-refractivity contribution in [3.05, 3.63) is 42.2 Å². The van der Waals surface area contributed by atoms with Gasteiger partial charge in [-0.3, -0.25) is 14.6 Å². The SMILES string of the molecule is O=CO[C@@H]1CC=CC[C@@H]1C(=O)NCCc1ccncc1. The molecule has 0 unspecified atom stereocenters. The Labute approximate surface area is 118 Å². The van der Waals surface area contributed by atoms with Crippen LogP contribution in [0.25, 0.3) is 0 Å². The molecule has 2 atom stereocenters. The van der Waals surface area contributed by atoms with Gasteiger partial charge in [-0.25, -0.2) is 0 Å². The molecule has 0 bridgehead atoms. The van der Waals surface area contributed by atoms with Crippen molar-refractivity contribution in [3.8, 4) is 0 Å². The van der Waals surface area contributed by atoms with Crippen molar-refractivity contribution >= 4 is 12.4 Å². The van der Waals surface area contributed by atoms with Crippen LogP contribution in [0, 0.1) is 5.92 Å². The summed E-state index contributed by atoms with van der Waals surface area (Å²) in [5.41, 5.74) is 1.13. The second-order valence-electron chi connectivity index (χ2n) is 4.72. The van der Waals surface area contributed by atoms with E-state index in [4.69, 9.17) is 4.74 Å². The third kappa shape index (κ3) is 3.91. The summed E-state index contributed by atoms with van der Waals surface area (Å²) in [6, 6.07) is 3.85. The normalized spacial score (nSPS) is 21.2. The third-order valence-corrected chi connectivity index (χ3v) is 3.40. The molecule has 2 rings (SSSR count). The number of amides is 1. The number of carbonyl (C=O) groups is 2. The smallest absolute Gasteiger partial charge is 0.293 e. The number of hydrogen-bond acceptors (Lipinski definition) is 4. The van der Waals surface area contributed by atoms with Crippen molar-refractivity contribution in [2.75, 3.05) is 6.54 Å². The van der Waals surface area contributed by atoms with Crippen molar-refractivity contribution in [3.63, 3.8) is 0 Å². The first-order valence-electron chi connectivity index (χ1n) is 6.72. The van der Waals surface area contributed by atoms with Gasteiger partial charge in [-0.1, -0.05) is 12.2 Å². The van der Waals surface area contributed by atoms with Gasteiger partial charge in [0.05, 0.1) is 5.92 Å². The Hall–Kier alpha value is -2.17. The molecular formula is C15H18N2O3. The van der Waals surface area contributed by atoms with Gasteiger partial charge >= 0.3 is 0 Å². The van der Waals surface area contributed by atoms with Crippen LogP contribution < -0.4 is 5.32 Å². The average Bonchev–Trinajstić information content (AvgIpc) is 2.49. The Kier molecular flexibility index (Phi) is 5.29. The molecule has 0 spiro atoms. The first-order valence-corrected chi connectivity index (χ1v) is 6.72. The van der Waals surface area contributed by atoms with E-state index in [-0.39, 0.29) is 17.9 Å². The summed E-state index contributed by atoms with van der Waals surface area (Å²) in [7, 11) is 0. The van der Waals surface area contributed by atoms with Crippen LogP contribution in [0.2, 0.25) is 0 Å². The lowest BCUT2D eigenvalue weighted by Gasteiger charge is -2.25. The molecule has 1 aliphatic rings. The first-order chi connectivity index (χ1) is 9.81. The highest BCUT2D eigenvalue weighted by Gasteiger charge is 2.29. The summed E-state index contributed by atoms with van der Waals surface area (Å²) in [4.78, 5) is 26.5. The lowest BCUT2D eigenvalue weighted by molar-refractivity contribution is -0.141. The molecule has 1 aromatic rings. The van der Waals surface area contributed by atoms with E-state index in [1.807, 2.05) is 24.3 Å². The fourth-order valence-electron chi connectivity index (χ4n) is 2.30. The van der Waals surface area contributed by atoms with Gasteiger partial charge in [-0.15, -0.1) is 0 Å². The number of aromatic nitrogens is 1. The Bertz CT molecular complexity index is 473. The van der Waals surface area contributed by atoms with Crippen molar-refractivity contribution < 1.29 is 14.3 Å².